The summed E-state index contributed by atoms with van der Waals surface area (Å²) in [7, 11) is 0. The van der Waals surface area contributed by atoms with Crippen LogP contribution in [0.5, 0.6) is 5.75 Å². The monoisotopic (exact) mass is 352 g/mol. The van der Waals surface area contributed by atoms with Gasteiger partial charge in [-0.15, -0.1) is 11.3 Å². The number of carbonyl (C=O) groups is 2. The van der Waals surface area contributed by atoms with Crippen LogP contribution >= 0.6 is 11.3 Å². The number of rotatable bonds is 6. The summed E-state index contributed by atoms with van der Waals surface area (Å²) in [5.74, 6) is -0.836. The zero-order chi connectivity index (χ0) is 17.1. The van der Waals surface area contributed by atoms with Crippen LogP contribution in [0.25, 0.3) is 0 Å². The minimum absolute atomic E-state index is 0.101. The van der Waals surface area contributed by atoms with Crippen LogP contribution in [0.15, 0.2) is 35.7 Å². The van der Waals surface area contributed by atoms with Crippen molar-refractivity contribution in [2.24, 2.45) is 0 Å². The molecule has 0 radical (unpaired) electrons. The first kappa shape index (κ1) is 16.4. The van der Waals surface area contributed by atoms with Gasteiger partial charge in [0.1, 0.15) is 10.8 Å². The average molecular weight is 352 g/mol. The lowest BCUT2D eigenvalue weighted by molar-refractivity contribution is -0.0498. The second-order valence-electron chi connectivity index (χ2n) is 5.27. The molecule has 1 saturated carbocycles. The van der Waals surface area contributed by atoms with Gasteiger partial charge in [-0.05, 0) is 42.5 Å². The summed E-state index contributed by atoms with van der Waals surface area (Å²) in [5, 5.41) is 7.61. The Kier molecular flexibility index (Phi) is 4.75. The fraction of sp³-hybridized carbons (Fsp3) is 0.250. The van der Waals surface area contributed by atoms with Gasteiger partial charge in [-0.1, -0.05) is 6.07 Å². The lowest BCUT2D eigenvalue weighted by Gasteiger charge is -2.09. The third-order valence-corrected chi connectivity index (χ3v) is 4.20. The lowest BCUT2D eigenvalue weighted by Crippen LogP contribution is -2.26. The molecule has 1 aromatic carbocycles. The summed E-state index contributed by atoms with van der Waals surface area (Å²) in [4.78, 5) is 24.4. The molecule has 0 saturated heterocycles. The first-order valence-electron chi connectivity index (χ1n) is 7.27. The Morgan fingerprint density at radius 3 is 2.71 bits per heavy atom. The van der Waals surface area contributed by atoms with Gasteiger partial charge in [-0.3, -0.25) is 9.59 Å². The van der Waals surface area contributed by atoms with E-state index in [0.717, 1.165) is 12.8 Å². The summed E-state index contributed by atoms with van der Waals surface area (Å²) >= 11 is 1.22. The van der Waals surface area contributed by atoms with Gasteiger partial charge in [0, 0.05) is 11.6 Å². The molecule has 1 fully saturated rings. The van der Waals surface area contributed by atoms with Gasteiger partial charge < -0.3 is 15.4 Å². The lowest BCUT2D eigenvalue weighted by atomic mass is 10.2. The van der Waals surface area contributed by atoms with E-state index in [2.05, 4.69) is 15.4 Å². The minimum Gasteiger partial charge on any atom is -0.435 e. The Labute approximate surface area is 140 Å². The van der Waals surface area contributed by atoms with Crippen molar-refractivity contribution in [1.82, 2.24) is 5.32 Å². The Hall–Kier alpha value is -2.48. The number of halogens is 2. The van der Waals surface area contributed by atoms with E-state index in [0.29, 0.717) is 10.6 Å². The molecular formula is C16H14F2N2O3S. The standard InChI is InChI=1S/C16H14F2N2O3S/c17-16(18)23-11-3-1-2-9(8-11)13(21)20-15-12(6-7-24-15)14(22)19-10-4-5-10/h1-3,6-8,10,16H,4-5H2,(H,19,22)(H,20,21). The van der Waals surface area contributed by atoms with Gasteiger partial charge in [-0.2, -0.15) is 8.78 Å². The number of carbonyl (C=O) groups excluding carboxylic acids is 2. The molecule has 1 aromatic heterocycles. The second-order valence-corrected chi connectivity index (χ2v) is 6.19. The molecule has 8 heteroatoms. The summed E-state index contributed by atoms with van der Waals surface area (Å²) < 4.78 is 28.8. The van der Waals surface area contributed by atoms with Crippen LogP contribution in [0.2, 0.25) is 0 Å². The summed E-state index contributed by atoms with van der Waals surface area (Å²) in [6.07, 6.45) is 1.93. The molecule has 0 bridgehead atoms. The summed E-state index contributed by atoms with van der Waals surface area (Å²) in [6, 6.07) is 7.33. The topological polar surface area (TPSA) is 67.4 Å². The predicted octanol–water partition coefficient (Wildman–Crippen LogP) is 3.49. The number of anilines is 1. The molecule has 5 nitrogen and oxygen atoms in total. The van der Waals surface area contributed by atoms with Crippen LogP contribution in [0.4, 0.5) is 13.8 Å². The molecule has 1 aliphatic carbocycles. The zero-order valence-corrected chi connectivity index (χ0v) is 13.2. The van der Waals surface area contributed by atoms with Crippen molar-refractivity contribution >= 4 is 28.2 Å². The third-order valence-electron chi connectivity index (χ3n) is 3.37. The highest BCUT2D eigenvalue weighted by Crippen LogP contribution is 2.26. The van der Waals surface area contributed by atoms with E-state index in [4.69, 9.17) is 0 Å². The molecular weight excluding hydrogens is 338 g/mol. The van der Waals surface area contributed by atoms with Gasteiger partial charge in [0.05, 0.1) is 5.56 Å². The number of alkyl halides is 2. The maximum atomic E-state index is 12.3. The number of ether oxygens (including phenoxy) is 1. The third kappa shape index (κ3) is 4.08. The zero-order valence-electron chi connectivity index (χ0n) is 12.4. The second kappa shape index (κ2) is 6.96. The van der Waals surface area contributed by atoms with Crippen LogP contribution in [-0.2, 0) is 0 Å². The van der Waals surface area contributed by atoms with Crippen LogP contribution < -0.4 is 15.4 Å². The molecule has 3 rings (SSSR count). The normalized spacial score (nSPS) is 13.6. The molecule has 126 valence electrons. The Bertz CT molecular complexity index is 759. The number of hydrogen-bond acceptors (Lipinski definition) is 4. The average Bonchev–Trinajstić information content (AvgIpc) is 3.22. The molecule has 2 aromatic rings. The molecule has 0 aliphatic heterocycles. The highest BCUT2D eigenvalue weighted by Gasteiger charge is 2.25. The summed E-state index contributed by atoms with van der Waals surface area (Å²) in [6.45, 7) is -2.96. The van der Waals surface area contributed by atoms with E-state index < -0.39 is 12.5 Å². The van der Waals surface area contributed by atoms with Crippen LogP contribution in [0.1, 0.15) is 33.6 Å². The molecule has 24 heavy (non-hydrogen) atoms. The minimum atomic E-state index is -2.96. The van der Waals surface area contributed by atoms with Gasteiger partial charge in [0.15, 0.2) is 0 Å². The Morgan fingerprint density at radius 1 is 1.21 bits per heavy atom. The molecule has 2 N–H and O–H groups in total. The van der Waals surface area contributed by atoms with Crippen molar-refractivity contribution in [3.05, 3.63) is 46.8 Å². The SMILES string of the molecule is O=C(Nc1sccc1C(=O)NC1CC1)c1cccc(OC(F)F)c1. The smallest absolute Gasteiger partial charge is 0.387 e. The molecule has 0 atom stereocenters. The van der Waals surface area contributed by atoms with Crippen LogP contribution in [-0.4, -0.2) is 24.5 Å². The highest BCUT2D eigenvalue weighted by molar-refractivity contribution is 7.14. The van der Waals surface area contributed by atoms with Crippen molar-refractivity contribution in [2.75, 3.05) is 5.32 Å². The van der Waals surface area contributed by atoms with Crippen LogP contribution in [0, 0.1) is 0 Å². The van der Waals surface area contributed by atoms with E-state index in [-0.39, 0.29) is 23.3 Å². The Morgan fingerprint density at radius 2 is 2.00 bits per heavy atom. The number of nitrogens with one attached hydrogen (secondary N) is 2. The van der Waals surface area contributed by atoms with Gasteiger partial charge in [0.2, 0.25) is 0 Å². The first-order chi connectivity index (χ1) is 11.5. The highest BCUT2D eigenvalue weighted by atomic mass is 32.1. The molecule has 1 heterocycles. The molecule has 2 amide bonds. The van der Waals surface area contributed by atoms with E-state index in [1.807, 2.05) is 0 Å². The van der Waals surface area contributed by atoms with Gasteiger partial charge >= 0.3 is 6.61 Å². The quantitative estimate of drug-likeness (QED) is 0.836. The van der Waals surface area contributed by atoms with Gasteiger partial charge in [0.25, 0.3) is 11.8 Å². The molecule has 0 spiro atoms. The van der Waals surface area contributed by atoms with Crippen molar-refractivity contribution in [3.8, 4) is 5.75 Å². The largest absolute Gasteiger partial charge is 0.435 e. The number of hydrogen-bond donors (Lipinski definition) is 2. The van der Waals surface area contributed by atoms with E-state index >= 15 is 0 Å². The van der Waals surface area contributed by atoms with Crippen molar-refractivity contribution in [2.45, 2.75) is 25.5 Å². The van der Waals surface area contributed by atoms with Crippen LogP contribution in [0.3, 0.4) is 0 Å². The number of benzene rings is 1. The van der Waals surface area contributed by atoms with E-state index in [9.17, 15) is 18.4 Å². The molecule has 1 aliphatic rings. The summed E-state index contributed by atoms with van der Waals surface area (Å²) in [5.41, 5.74) is 0.551. The molecule has 0 unspecified atom stereocenters. The Balaban J connectivity index is 1.71. The van der Waals surface area contributed by atoms with E-state index in [1.54, 1.807) is 11.4 Å². The van der Waals surface area contributed by atoms with Crippen molar-refractivity contribution in [3.63, 3.8) is 0 Å². The maximum absolute atomic E-state index is 12.3. The fourth-order valence-corrected chi connectivity index (χ4v) is 2.84. The number of amides is 2. The fourth-order valence-electron chi connectivity index (χ4n) is 2.06. The maximum Gasteiger partial charge on any atom is 0.387 e. The number of thiophene rings is 1. The van der Waals surface area contributed by atoms with E-state index in [1.165, 1.54) is 35.6 Å². The van der Waals surface area contributed by atoms with Crippen molar-refractivity contribution in [1.29, 1.82) is 0 Å². The first-order valence-corrected chi connectivity index (χ1v) is 8.15. The van der Waals surface area contributed by atoms with Crippen molar-refractivity contribution < 1.29 is 23.1 Å². The predicted molar refractivity (Wildman–Crippen MR) is 85.8 cm³/mol. The van der Waals surface area contributed by atoms with Gasteiger partial charge in [-0.25, -0.2) is 0 Å².